The lowest BCUT2D eigenvalue weighted by Crippen LogP contribution is -2.40. The second-order valence-corrected chi connectivity index (χ2v) is 8.21. The number of aromatic nitrogens is 3. The normalized spacial score (nSPS) is 24.4. The van der Waals surface area contributed by atoms with Crippen molar-refractivity contribution in [3.05, 3.63) is 47.9 Å². The SMILES string of the molecule is CC[C@@]12CCC(=O)C[C@@H]1CCOc1cc3c(cnn3-c3ccnc(C)c3)cc12. The van der Waals surface area contributed by atoms with Crippen LogP contribution in [0.5, 0.6) is 5.75 Å². The van der Waals surface area contributed by atoms with E-state index in [2.05, 4.69) is 29.1 Å². The maximum absolute atomic E-state index is 12.1. The molecule has 1 aliphatic carbocycles. The minimum atomic E-state index is 0.0310. The summed E-state index contributed by atoms with van der Waals surface area (Å²) in [6.07, 6.45) is 8.01. The van der Waals surface area contributed by atoms with E-state index in [4.69, 9.17) is 4.74 Å². The molecule has 28 heavy (non-hydrogen) atoms. The highest BCUT2D eigenvalue weighted by Crippen LogP contribution is 2.52. The van der Waals surface area contributed by atoms with Gasteiger partial charge in [-0.15, -0.1) is 0 Å². The zero-order chi connectivity index (χ0) is 19.3. The minimum absolute atomic E-state index is 0.0310. The van der Waals surface area contributed by atoms with Gasteiger partial charge in [0.15, 0.2) is 0 Å². The Hall–Kier alpha value is -2.69. The van der Waals surface area contributed by atoms with Gasteiger partial charge in [0.25, 0.3) is 0 Å². The van der Waals surface area contributed by atoms with Gasteiger partial charge in [-0.05, 0) is 50.3 Å². The fourth-order valence-electron chi connectivity index (χ4n) is 5.27. The third-order valence-corrected chi connectivity index (χ3v) is 6.79. The van der Waals surface area contributed by atoms with Gasteiger partial charge in [-0.1, -0.05) is 6.92 Å². The number of hydrogen-bond acceptors (Lipinski definition) is 4. The monoisotopic (exact) mass is 375 g/mol. The number of rotatable bonds is 2. The number of carbonyl (C=O) groups excluding carboxylic acids is 1. The quantitative estimate of drug-likeness (QED) is 0.660. The van der Waals surface area contributed by atoms with E-state index in [0.29, 0.717) is 31.1 Å². The Balaban J connectivity index is 1.69. The van der Waals surface area contributed by atoms with Gasteiger partial charge >= 0.3 is 0 Å². The lowest BCUT2D eigenvalue weighted by molar-refractivity contribution is -0.123. The average molecular weight is 375 g/mol. The molecule has 1 aliphatic heterocycles. The van der Waals surface area contributed by atoms with Crippen LogP contribution in [0.1, 0.15) is 50.3 Å². The zero-order valence-electron chi connectivity index (χ0n) is 16.4. The first-order valence-electron chi connectivity index (χ1n) is 10.2. The maximum atomic E-state index is 12.1. The first-order chi connectivity index (χ1) is 13.6. The summed E-state index contributed by atoms with van der Waals surface area (Å²) >= 11 is 0. The molecule has 2 atom stereocenters. The molecule has 0 saturated heterocycles. The number of fused-ring (bicyclic) bond motifs is 4. The van der Waals surface area contributed by atoms with Gasteiger partial charge in [0, 0.05) is 47.2 Å². The van der Waals surface area contributed by atoms with Crippen LogP contribution in [0.2, 0.25) is 0 Å². The molecule has 5 nitrogen and oxygen atoms in total. The standard InChI is InChI=1S/C23H25N3O2/c1-3-23-7-4-19(27)12-17(23)6-9-28-22-13-21-16(11-20(22)23)14-25-26(21)18-5-8-24-15(2)10-18/h5,8,10-11,13-14,17H,3-4,6-7,9,12H2,1-2H3/t17-,23+/m0/s1. The summed E-state index contributed by atoms with van der Waals surface area (Å²) in [5, 5.41) is 5.76. The maximum Gasteiger partial charge on any atom is 0.133 e. The van der Waals surface area contributed by atoms with Crippen LogP contribution in [0, 0.1) is 12.8 Å². The van der Waals surface area contributed by atoms with Gasteiger partial charge in [-0.25, -0.2) is 4.68 Å². The van der Waals surface area contributed by atoms with Crippen molar-refractivity contribution in [3.8, 4) is 11.4 Å². The Labute approximate surface area is 164 Å². The molecule has 0 N–H and O–H groups in total. The molecule has 3 heterocycles. The second kappa shape index (κ2) is 6.43. The molecule has 5 rings (SSSR count). The molecule has 1 fully saturated rings. The molecule has 0 spiro atoms. The van der Waals surface area contributed by atoms with Crippen LogP contribution in [0.25, 0.3) is 16.6 Å². The zero-order valence-corrected chi connectivity index (χ0v) is 16.4. The third-order valence-electron chi connectivity index (χ3n) is 6.79. The molecule has 0 radical (unpaired) electrons. The second-order valence-electron chi connectivity index (χ2n) is 8.21. The highest BCUT2D eigenvalue weighted by Gasteiger charge is 2.46. The van der Waals surface area contributed by atoms with Crippen molar-refractivity contribution in [2.24, 2.45) is 5.92 Å². The fraction of sp³-hybridized carbons (Fsp3) is 0.435. The van der Waals surface area contributed by atoms with Crippen LogP contribution in [0.15, 0.2) is 36.7 Å². The largest absolute Gasteiger partial charge is 0.493 e. The first kappa shape index (κ1) is 17.4. The van der Waals surface area contributed by atoms with Gasteiger partial charge in [-0.3, -0.25) is 9.78 Å². The van der Waals surface area contributed by atoms with Crippen LogP contribution in [-0.2, 0) is 10.2 Å². The molecule has 3 aromatic rings. The molecule has 0 bridgehead atoms. The van der Waals surface area contributed by atoms with Crippen molar-refractivity contribution in [1.29, 1.82) is 0 Å². The highest BCUT2D eigenvalue weighted by molar-refractivity contribution is 5.84. The van der Waals surface area contributed by atoms with E-state index in [1.165, 1.54) is 5.56 Å². The number of ether oxygens (including phenoxy) is 1. The van der Waals surface area contributed by atoms with Gasteiger partial charge in [0.1, 0.15) is 11.5 Å². The number of benzene rings is 1. The topological polar surface area (TPSA) is 57.0 Å². The van der Waals surface area contributed by atoms with E-state index in [1.807, 2.05) is 36.1 Å². The number of aryl methyl sites for hydroxylation is 1. The van der Waals surface area contributed by atoms with E-state index in [1.54, 1.807) is 0 Å². The molecule has 2 aliphatic rings. The number of ketones is 1. The lowest BCUT2D eigenvalue weighted by Gasteiger charge is -2.42. The number of Topliss-reactive ketones (excluding diaryl/α,β-unsaturated/α-hetero) is 1. The Kier molecular flexibility index (Phi) is 4.00. The van der Waals surface area contributed by atoms with E-state index >= 15 is 0 Å². The van der Waals surface area contributed by atoms with Crippen molar-refractivity contribution < 1.29 is 9.53 Å². The van der Waals surface area contributed by atoms with Crippen molar-refractivity contribution in [2.75, 3.05) is 6.61 Å². The molecule has 0 amide bonds. The number of hydrogen-bond donors (Lipinski definition) is 0. The Morgan fingerprint density at radius 1 is 1.32 bits per heavy atom. The van der Waals surface area contributed by atoms with Gasteiger partial charge in [-0.2, -0.15) is 5.10 Å². The van der Waals surface area contributed by atoms with Crippen molar-refractivity contribution in [2.45, 2.75) is 51.4 Å². The first-order valence-corrected chi connectivity index (χ1v) is 10.2. The summed E-state index contributed by atoms with van der Waals surface area (Å²) in [4.78, 5) is 16.4. The van der Waals surface area contributed by atoms with Gasteiger partial charge < -0.3 is 4.74 Å². The predicted molar refractivity (Wildman–Crippen MR) is 108 cm³/mol. The smallest absolute Gasteiger partial charge is 0.133 e. The summed E-state index contributed by atoms with van der Waals surface area (Å²) in [6.45, 7) is 4.91. The van der Waals surface area contributed by atoms with Gasteiger partial charge in [0.2, 0.25) is 0 Å². The highest BCUT2D eigenvalue weighted by atomic mass is 16.5. The summed E-state index contributed by atoms with van der Waals surface area (Å²) in [7, 11) is 0. The van der Waals surface area contributed by atoms with Crippen LogP contribution >= 0.6 is 0 Å². The molecule has 1 aromatic carbocycles. The summed E-state index contributed by atoms with van der Waals surface area (Å²) in [6, 6.07) is 8.42. The van der Waals surface area contributed by atoms with Crippen molar-refractivity contribution in [1.82, 2.24) is 14.8 Å². The summed E-state index contributed by atoms with van der Waals surface area (Å²) in [5.41, 5.74) is 4.31. The van der Waals surface area contributed by atoms with E-state index < -0.39 is 0 Å². The van der Waals surface area contributed by atoms with Crippen molar-refractivity contribution in [3.63, 3.8) is 0 Å². The van der Waals surface area contributed by atoms with Crippen LogP contribution < -0.4 is 4.74 Å². The average Bonchev–Trinajstić information content (AvgIpc) is 3.04. The molecule has 1 saturated carbocycles. The van der Waals surface area contributed by atoms with E-state index in [-0.39, 0.29) is 5.41 Å². The fourth-order valence-corrected chi connectivity index (χ4v) is 5.27. The predicted octanol–water partition coefficient (Wildman–Crippen LogP) is 4.53. The van der Waals surface area contributed by atoms with Gasteiger partial charge in [0.05, 0.1) is 24.0 Å². The Bertz CT molecular complexity index is 1070. The molecular weight excluding hydrogens is 350 g/mol. The number of pyridine rings is 1. The Morgan fingerprint density at radius 3 is 3.04 bits per heavy atom. The molecule has 0 unspecified atom stereocenters. The molecule has 144 valence electrons. The lowest BCUT2D eigenvalue weighted by atomic mass is 9.60. The van der Waals surface area contributed by atoms with Crippen LogP contribution in [-0.4, -0.2) is 27.2 Å². The number of carbonyl (C=O) groups is 1. The molecule has 2 aromatic heterocycles. The van der Waals surface area contributed by atoms with Crippen LogP contribution in [0.4, 0.5) is 0 Å². The third kappa shape index (κ3) is 2.56. The van der Waals surface area contributed by atoms with E-state index in [9.17, 15) is 4.79 Å². The van der Waals surface area contributed by atoms with Crippen LogP contribution in [0.3, 0.4) is 0 Å². The Morgan fingerprint density at radius 2 is 2.21 bits per heavy atom. The summed E-state index contributed by atoms with van der Waals surface area (Å²) in [5.74, 6) is 1.73. The minimum Gasteiger partial charge on any atom is -0.493 e. The molecule has 5 heteroatoms. The van der Waals surface area contributed by atoms with Crippen molar-refractivity contribution >= 4 is 16.7 Å². The summed E-state index contributed by atoms with van der Waals surface area (Å²) < 4.78 is 8.19. The number of nitrogens with zero attached hydrogens (tertiary/aromatic N) is 3. The van der Waals surface area contributed by atoms with E-state index in [0.717, 1.165) is 47.3 Å². The molecular formula is C23H25N3O2.